The van der Waals surface area contributed by atoms with Gasteiger partial charge >= 0.3 is 5.97 Å². The van der Waals surface area contributed by atoms with Crippen molar-refractivity contribution in [2.24, 2.45) is 11.3 Å². The third-order valence-corrected chi connectivity index (χ3v) is 6.75. The predicted octanol–water partition coefficient (Wildman–Crippen LogP) is 4.08. The molecule has 4 rings (SSSR count). The van der Waals surface area contributed by atoms with E-state index in [1.165, 1.54) is 4.90 Å². The van der Waals surface area contributed by atoms with E-state index in [0.29, 0.717) is 11.3 Å². The van der Waals surface area contributed by atoms with E-state index >= 15 is 0 Å². The molecule has 0 spiro atoms. The molecule has 2 amide bonds. The van der Waals surface area contributed by atoms with Gasteiger partial charge in [0.05, 0.1) is 23.6 Å². The summed E-state index contributed by atoms with van der Waals surface area (Å²) in [6.07, 6.45) is 0. The van der Waals surface area contributed by atoms with Crippen LogP contribution in [0.25, 0.3) is 0 Å². The molecule has 6 heteroatoms. The predicted molar refractivity (Wildman–Crippen MR) is 112 cm³/mol. The lowest BCUT2D eigenvalue weighted by molar-refractivity contribution is -0.150. The summed E-state index contributed by atoms with van der Waals surface area (Å²) in [6.45, 7) is 7.46. The first-order valence-electron chi connectivity index (χ1n) is 9.59. The summed E-state index contributed by atoms with van der Waals surface area (Å²) in [4.78, 5) is 41.3. The van der Waals surface area contributed by atoms with Crippen molar-refractivity contribution in [2.45, 2.75) is 33.1 Å². The van der Waals surface area contributed by atoms with Gasteiger partial charge in [0.2, 0.25) is 11.8 Å². The minimum absolute atomic E-state index is 0.184. The molecule has 2 aromatic rings. The van der Waals surface area contributed by atoms with E-state index < -0.39 is 22.7 Å². The van der Waals surface area contributed by atoms with Gasteiger partial charge in [0.25, 0.3) is 0 Å². The summed E-state index contributed by atoms with van der Waals surface area (Å²) in [5.41, 5.74) is 0.675. The number of imide groups is 1. The molecule has 5 nitrogen and oxygen atoms in total. The maximum absolute atomic E-state index is 13.6. The fraction of sp³-hybridized carbons (Fsp3) is 0.348. The number of halogens is 1. The molecule has 1 saturated heterocycles. The Labute approximate surface area is 178 Å². The van der Waals surface area contributed by atoms with Gasteiger partial charge in [-0.3, -0.25) is 14.4 Å². The molecule has 1 saturated carbocycles. The van der Waals surface area contributed by atoms with Crippen molar-refractivity contribution >= 4 is 39.4 Å². The Hall–Kier alpha value is -2.47. The smallest absolute Gasteiger partial charge is 0.318 e. The minimum atomic E-state index is -1.28. The molecule has 1 aliphatic carbocycles. The first-order valence-corrected chi connectivity index (χ1v) is 10.4. The van der Waals surface area contributed by atoms with Gasteiger partial charge in [-0.05, 0) is 68.7 Å². The lowest BCUT2D eigenvalue weighted by Crippen LogP contribution is -2.45. The molecule has 1 heterocycles. The van der Waals surface area contributed by atoms with Crippen LogP contribution in [0.4, 0.5) is 5.69 Å². The van der Waals surface area contributed by atoms with E-state index in [1.54, 1.807) is 26.0 Å². The van der Waals surface area contributed by atoms with Gasteiger partial charge in [-0.1, -0.05) is 34.1 Å². The Morgan fingerprint density at radius 2 is 1.69 bits per heavy atom. The number of hydrogen-bond acceptors (Lipinski definition) is 4. The number of rotatable bonds is 4. The highest BCUT2D eigenvalue weighted by Gasteiger charge is 2.90. The Kier molecular flexibility index (Phi) is 4.46. The molecule has 1 aliphatic heterocycles. The zero-order chi connectivity index (χ0) is 21.1. The molecule has 0 N–H and O–H groups in total. The number of amides is 2. The fourth-order valence-electron chi connectivity index (χ4n) is 5.00. The number of esters is 1. The maximum Gasteiger partial charge on any atom is 0.318 e. The molecule has 0 radical (unpaired) electrons. The molecule has 3 atom stereocenters. The Morgan fingerprint density at radius 1 is 1.10 bits per heavy atom. The molecule has 2 fully saturated rings. The second kappa shape index (κ2) is 6.52. The normalized spacial score (nSPS) is 27.8. The van der Waals surface area contributed by atoms with Crippen LogP contribution in [-0.2, 0) is 24.5 Å². The third-order valence-electron chi connectivity index (χ3n) is 6.22. The number of anilines is 1. The molecule has 150 valence electrons. The number of benzene rings is 2. The highest BCUT2D eigenvalue weighted by molar-refractivity contribution is 9.10. The molecule has 0 bridgehead atoms. The summed E-state index contributed by atoms with van der Waals surface area (Å²) in [6, 6.07) is 12.8. The number of aryl methyl sites for hydroxylation is 2. The molecular formula is C23H22BrNO4. The van der Waals surface area contributed by atoms with E-state index in [1.807, 2.05) is 44.2 Å². The van der Waals surface area contributed by atoms with Crippen molar-refractivity contribution in [1.82, 2.24) is 0 Å². The van der Waals surface area contributed by atoms with Crippen molar-refractivity contribution in [3.05, 3.63) is 63.6 Å². The molecule has 2 aliphatic rings. The summed E-state index contributed by atoms with van der Waals surface area (Å²) < 4.78 is 6.21. The van der Waals surface area contributed by atoms with Crippen LogP contribution in [0.15, 0.2) is 46.9 Å². The van der Waals surface area contributed by atoms with E-state index in [-0.39, 0.29) is 18.4 Å². The first kappa shape index (κ1) is 19.8. The minimum Gasteiger partial charge on any atom is -0.465 e. The zero-order valence-corrected chi connectivity index (χ0v) is 18.4. The van der Waals surface area contributed by atoms with Gasteiger partial charge < -0.3 is 4.74 Å². The molecule has 2 aromatic carbocycles. The van der Waals surface area contributed by atoms with Gasteiger partial charge in [0.1, 0.15) is 5.41 Å². The van der Waals surface area contributed by atoms with Crippen LogP contribution in [0.3, 0.4) is 0 Å². The number of carbonyl (C=O) groups excluding carboxylic acids is 3. The highest BCUT2D eigenvalue weighted by atomic mass is 79.9. The van der Waals surface area contributed by atoms with E-state index in [4.69, 9.17) is 4.74 Å². The van der Waals surface area contributed by atoms with E-state index in [2.05, 4.69) is 15.9 Å². The Balaban J connectivity index is 1.83. The average Bonchev–Trinajstić information content (AvgIpc) is 3.17. The second-order valence-corrected chi connectivity index (χ2v) is 8.91. The lowest BCUT2D eigenvalue weighted by atomic mass is 9.84. The van der Waals surface area contributed by atoms with Gasteiger partial charge in [0.15, 0.2) is 0 Å². The van der Waals surface area contributed by atoms with Crippen molar-refractivity contribution in [3.8, 4) is 0 Å². The first-order chi connectivity index (χ1) is 13.7. The van der Waals surface area contributed by atoms with Gasteiger partial charge in [0, 0.05) is 4.47 Å². The van der Waals surface area contributed by atoms with Crippen LogP contribution in [0.1, 0.15) is 30.5 Å². The van der Waals surface area contributed by atoms with Crippen LogP contribution in [0, 0.1) is 25.2 Å². The fourth-order valence-corrected chi connectivity index (χ4v) is 5.27. The quantitative estimate of drug-likeness (QED) is 0.514. The van der Waals surface area contributed by atoms with Gasteiger partial charge in [-0.2, -0.15) is 0 Å². The van der Waals surface area contributed by atoms with Gasteiger partial charge in [-0.15, -0.1) is 0 Å². The van der Waals surface area contributed by atoms with Crippen LogP contribution >= 0.6 is 15.9 Å². The SMILES string of the molecule is CCOC(=O)[C@]1(c2ccc(Br)cc2)[C@H]2C(=O)N(c3cc(C)cc(C)c3)C(=O)[C@]21C. The number of carbonyl (C=O) groups is 3. The van der Waals surface area contributed by atoms with Crippen LogP contribution in [-0.4, -0.2) is 24.4 Å². The van der Waals surface area contributed by atoms with Crippen molar-refractivity contribution in [3.63, 3.8) is 0 Å². The van der Waals surface area contributed by atoms with Crippen LogP contribution < -0.4 is 4.90 Å². The number of piperidine rings is 1. The standard InChI is InChI=1S/C23H22BrNO4/c1-5-29-21(28)23(15-6-8-16(24)9-7-15)18-19(26)25(20(27)22(18,23)4)17-11-13(2)10-14(3)12-17/h6-12,18H,5H2,1-4H3/t18-,22-,23-/m0/s1. The largest absolute Gasteiger partial charge is 0.465 e. The molecular weight excluding hydrogens is 434 g/mol. The second-order valence-electron chi connectivity index (χ2n) is 8.00. The molecule has 0 unspecified atom stereocenters. The zero-order valence-electron chi connectivity index (χ0n) is 16.8. The highest BCUT2D eigenvalue weighted by Crippen LogP contribution is 2.74. The average molecular weight is 456 g/mol. The van der Waals surface area contributed by atoms with Crippen LogP contribution in [0.5, 0.6) is 0 Å². The Morgan fingerprint density at radius 3 is 2.17 bits per heavy atom. The summed E-state index contributed by atoms with van der Waals surface area (Å²) in [7, 11) is 0. The maximum atomic E-state index is 13.6. The van der Waals surface area contributed by atoms with Crippen LogP contribution in [0.2, 0.25) is 0 Å². The van der Waals surface area contributed by atoms with E-state index in [9.17, 15) is 14.4 Å². The van der Waals surface area contributed by atoms with E-state index in [0.717, 1.165) is 15.6 Å². The third kappa shape index (κ3) is 2.48. The van der Waals surface area contributed by atoms with Crippen molar-refractivity contribution < 1.29 is 19.1 Å². The Bertz CT molecular complexity index is 1030. The van der Waals surface area contributed by atoms with Crippen molar-refractivity contribution in [1.29, 1.82) is 0 Å². The number of nitrogens with zero attached hydrogens (tertiary/aromatic N) is 1. The topological polar surface area (TPSA) is 63.7 Å². The summed E-state index contributed by atoms with van der Waals surface area (Å²) in [5, 5.41) is 0. The van der Waals surface area contributed by atoms with Gasteiger partial charge in [-0.25, -0.2) is 4.90 Å². The number of ether oxygens (including phenoxy) is 1. The summed E-state index contributed by atoms with van der Waals surface area (Å²) >= 11 is 3.39. The molecule has 0 aromatic heterocycles. The van der Waals surface area contributed by atoms with Crippen molar-refractivity contribution in [2.75, 3.05) is 11.5 Å². The molecule has 29 heavy (non-hydrogen) atoms. The number of fused-ring (bicyclic) bond motifs is 1. The number of hydrogen-bond donors (Lipinski definition) is 0. The summed E-state index contributed by atoms with van der Waals surface area (Å²) in [5.74, 6) is -1.99. The lowest BCUT2D eigenvalue weighted by Gasteiger charge is -2.28. The monoisotopic (exact) mass is 455 g/mol.